The molecule has 2 aromatic carbocycles. The second-order valence-electron chi connectivity index (χ2n) is 6.58. The molecule has 0 fully saturated rings. The first-order valence-corrected chi connectivity index (χ1v) is 9.48. The van der Waals surface area contributed by atoms with E-state index in [0.717, 1.165) is 18.4 Å². The number of hydrogen-bond donors (Lipinski definition) is 0. The maximum atomic E-state index is 13.2. The van der Waals surface area contributed by atoms with Gasteiger partial charge in [-0.05, 0) is 25.0 Å². The number of hydrogen-bond acceptors (Lipinski definition) is 3. The average Bonchev–Trinajstić information content (AvgIpc) is 2.71. The first-order valence-electron chi connectivity index (χ1n) is 9.48. The summed E-state index contributed by atoms with van der Waals surface area (Å²) in [4.78, 5) is 27.9. The van der Waals surface area contributed by atoms with Crippen molar-refractivity contribution in [3.8, 4) is 0 Å². The van der Waals surface area contributed by atoms with Crippen molar-refractivity contribution in [2.45, 2.75) is 33.2 Å². The van der Waals surface area contributed by atoms with Crippen molar-refractivity contribution in [1.29, 1.82) is 0 Å². The normalized spacial score (nSPS) is 10.9. The van der Waals surface area contributed by atoms with E-state index in [1.54, 1.807) is 17.0 Å². The molecule has 3 rings (SSSR count). The van der Waals surface area contributed by atoms with Crippen LogP contribution in [0.1, 0.15) is 42.7 Å². The highest BCUT2D eigenvalue weighted by molar-refractivity contribution is 6.04. The first kappa shape index (κ1) is 18.8. The molecule has 0 aliphatic carbocycles. The van der Waals surface area contributed by atoms with E-state index < -0.39 is 0 Å². The molecule has 0 spiro atoms. The van der Waals surface area contributed by atoms with Crippen molar-refractivity contribution in [2.24, 2.45) is 0 Å². The monoisotopic (exact) mass is 363 g/mol. The molecule has 3 aromatic rings. The minimum absolute atomic E-state index is 0.121. The van der Waals surface area contributed by atoms with Crippen molar-refractivity contribution >= 4 is 16.7 Å². The number of unbranched alkanes of at least 4 members (excludes halogenated alkanes) is 1. The van der Waals surface area contributed by atoms with Gasteiger partial charge in [0.1, 0.15) is 0 Å². The van der Waals surface area contributed by atoms with Crippen molar-refractivity contribution in [2.75, 3.05) is 13.1 Å². The molecule has 1 aromatic heterocycles. The molecule has 1 amide bonds. The van der Waals surface area contributed by atoms with E-state index >= 15 is 0 Å². The Morgan fingerprint density at radius 1 is 1.00 bits per heavy atom. The number of aromatic nitrogens is 2. The number of nitrogens with zero attached hydrogens (tertiary/aromatic N) is 3. The van der Waals surface area contributed by atoms with Crippen molar-refractivity contribution in [3.63, 3.8) is 0 Å². The van der Waals surface area contributed by atoms with E-state index in [1.807, 2.05) is 49.4 Å². The Hall–Kier alpha value is -2.95. The fourth-order valence-electron chi connectivity index (χ4n) is 3.16. The summed E-state index contributed by atoms with van der Waals surface area (Å²) in [6, 6.07) is 16.9. The number of amides is 1. The molecule has 5 nitrogen and oxygen atoms in total. The topological polar surface area (TPSA) is 55.2 Å². The minimum Gasteiger partial charge on any atom is -0.338 e. The lowest BCUT2D eigenvalue weighted by Gasteiger charge is -2.21. The predicted octanol–water partition coefficient (Wildman–Crippen LogP) is 3.71. The lowest BCUT2D eigenvalue weighted by atomic mass is 10.1. The van der Waals surface area contributed by atoms with Crippen LogP contribution in [0.3, 0.4) is 0 Å². The summed E-state index contributed by atoms with van der Waals surface area (Å²) in [6.45, 7) is 5.72. The van der Waals surface area contributed by atoms with Gasteiger partial charge in [-0.25, -0.2) is 4.68 Å². The molecule has 5 heteroatoms. The van der Waals surface area contributed by atoms with E-state index in [1.165, 1.54) is 4.68 Å². The third-order valence-corrected chi connectivity index (χ3v) is 4.70. The van der Waals surface area contributed by atoms with Gasteiger partial charge >= 0.3 is 0 Å². The Morgan fingerprint density at radius 2 is 1.67 bits per heavy atom. The van der Waals surface area contributed by atoms with Gasteiger partial charge in [0.15, 0.2) is 5.69 Å². The zero-order chi connectivity index (χ0) is 19.2. The Kier molecular flexibility index (Phi) is 6.01. The van der Waals surface area contributed by atoms with Gasteiger partial charge in [-0.1, -0.05) is 61.9 Å². The predicted molar refractivity (Wildman–Crippen MR) is 108 cm³/mol. The van der Waals surface area contributed by atoms with Crippen LogP contribution in [0.15, 0.2) is 59.4 Å². The molecule has 27 heavy (non-hydrogen) atoms. The van der Waals surface area contributed by atoms with E-state index in [0.29, 0.717) is 36.1 Å². The number of fused-ring (bicyclic) bond motifs is 1. The Bertz CT molecular complexity index is 980. The zero-order valence-electron chi connectivity index (χ0n) is 15.9. The number of carbonyl (C=O) groups is 1. The highest BCUT2D eigenvalue weighted by Gasteiger charge is 2.21. The molecule has 0 aliphatic rings. The summed E-state index contributed by atoms with van der Waals surface area (Å²) >= 11 is 0. The van der Waals surface area contributed by atoms with Crippen molar-refractivity contribution < 1.29 is 4.79 Å². The minimum atomic E-state index is -0.178. The van der Waals surface area contributed by atoms with Crippen LogP contribution in [0.25, 0.3) is 10.8 Å². The molecule has 0 atom stereocenters. The van der Waals surface area contributed by atoms with Gasteiger partial charge in [-0.15, -0.1) is 0 Å². The molecular weight excluding hydrogens is 338 g/mol. The fraction of sp³-hybridized carbons (Fsp3) is 0.318. The van der Waals surface area contributed by atoms with Gasteiger partial charge < -0.3 is 4.90 Å². The fourth-order valence-corrected chi connectivity index (χ4v) is 3.16. The largest absolute Gasteiger partial charge is 0.338 e. The van der Waals surface area contributed by atoms with E-state index in [-0.39, 0.29) is 11.5 Å². The number of rotatable bonds is 7. The summed E-state index contributed by atoms with van der Waals surface area (Å²) < 4.78 is 1.40. The average molecular weight is 363 g/mol. The van der Waals surface area contributed by atoms with Crippen LogP contribution in [0, 0.1) is 0 Å². The Balaban J connectivity index is 2.09. The Labute approximate surface area is 159 Å². The zero-order valence-corrected chi connectivity index (χ0v) is 15.9. The second-order valence-corrected chi connectivity index (χ2v) is 6.58. The van der Waals surface area contributed by atoms with Gasteiger partial charge in [0.05, 0.1) is 11.9 Å². The molecule has 0 saturated heterocycles. The lowest BCUT2D eigenvalue weighted by molar-refractivity contribution is 0.0756. The number of carbonyl (C=O) groups excluding carboxylic acids is 1. The van der Waals surface area contributed by atoms with Gasteiger partial charge in [0, 0.05) is 18.5 Å². The van der Waals surface area contributed by atoms with Crippen LogP contribution in [-0.4, -0.2) is 33.7 Å². The molecule has 0 aliphatic heterocycles. The van der Waals surface area contributed by atoms with Crippen LogP contribution < -0.4 is 5.56 Å². The summed E-state index contributed by atoms with van der Waals surface area (Å²) in [6.07, 6.45) is 1.96. The summed E-state index contributed by atoms with van der Waals surface area (Å²) in [7, 11) is 0. The van der Waals surface area contributed by atoms with Crippen LogP contribution >= 0.6 is 0 Å². The van der Waals surface area contributed by atoms with Crippen LogP contribution in [0.5, 0.6) is 0 Å². The SMILES string of the molecule is CCCCN(CC)C(=O)c1nn(Cc2ccccc2)c(=O)c2ccccc12. The van der Waals surface area contributed by atoms with E-state index in [9.17, 15) is 9.59 Å². The molecule has 0 bridgehead atoms. The summed E-state index contributed by atoms with van der Waals surface area (Å²) in [5.74, 6) is -0.121. The first-order chi connectivity index (χ1) is 13.2. The Morgan fingerprint density at radius 3 is 2.33 bits per heavy atom. The third kappa shape index (κ3) is 4.08. The highest BCUT2D eigenvalue weighted by Crippen LogP contribution is 2.16. The van der Waals surface area contributed by atoms with Crippen LogP contribution in [0.2, 0.25) is 0 Å². The summed E-state index contributed by atoms with van der Waals surface area (Å²) in [5.41, 5.74) is 1.14. The van der Waals surface area contributed by atoms with Gasteiger partial charge in [-0.3, -0.25) is 9.59 Å². The van der Waals surface area contributed by atoms with Crippen LogP contribution in [0.4, 0.5) is 0 Å². The number of benzene rings is 2. The quantitative estimate of drug-likeness (QED) is 0.643. The summed E-state index contributed by atoms with van der Waals surface area (Å²) in [5, 5.41) is 5.63. The molecule has 0 saturated carbocycles. The van der Waals surface area contributed by atoms with E-state index in [4.69, 9.17) is 0 Å². The maximum absolute atomic E-state index is 13.2. The van der Waals surface area contributed by atoms with Gasteiger partial charge in [0.25, 0.3) is 11.5 Å². The molecule has 0 unspecified atom stereocenters. The van der Waals surface area contributed by atoms with Crippen molar-refractivity contribution in [1.82, 2.24) is 14.7 Å². The highest BCUT2D eigenvalue weighted by atomic mass is 16.2. The molecular formula is C22H25N3O2. The molecule has 0 radical (unpaired) electrons. The second kappa shape index (κ2) is 8.62. The molecule has 1 heterocycles. The van der Waals surface area contributed by atoms with Crippen molar-refractivity contribution in [3.05, 3.63) is 76.2 Å². The van der Waals surface area contributed by atoms with E-state index in [2.05, 4.69) is 12.0 Å². The maximum Gasteiger partial charge on any atom is 0.274 e. The van der Waals surface area contributed by atoms with Crippen LogP contribution in [-0.2, 0) is 6.54 Å². The van der Waals surface area contributed by atoms with Gasteiger partial charge in [-0.2, -0.15) is 5.10 Å². The van der Waals surface area contributed by atoms with Gasteiger partial charge in [0.2, 0.25) is 0 Å². The lowest BCUT2D eigenvalue weighted by Crippen LogP contribution is -2.35. The standard InChI is InChI=1S/C22H25N3O2/c1-3-5-15-24(4-2)22(27)20-18-13-9-10-14-19(18)21(26)25(23-20)16-17-11-7-6-8-12-17/h6-14H,3-5,15-16H2,1-2H3. The third-order valence-electron chi connectivity index (χ3n) is 4.70. The smallest absolute Gasteiger partial charge is 0.274 e. The molecule has 140 valence electrons. The molecule has 0 N–H and O–H groups in total.